The van der Waals surface area contributed by atoms with Gasteiger partial charge in [-0.15, -0.1) is 10.2 Å². The van der Waals surface area contributed by atoms with E-state index in [2.05, 4.69) is 10.2 Å². The van der Waals surface area contributed by atoms with Crippen molar-refractivity contribution in [3.63, 3.8) is 0 Å². The number of fused-ring (bicyclic) bond motifs is 1. The van der Waals surface area contributed by atoms with E-state index >= 15 is 0 Å². The van der Waals surface area contributed by atoms with Crippen LogP contribution in [0.4, 0.5) is 0 Å². The second kappa shape index (κ2) is 7.24. The number of hydrogen-bond donors (Lipinski definition) is 0. The number of ether oxygens (including phenoxy) is 1. The molecule has 4 rings (SSSR count). The fourth-order valence-corrected chi connectivity index (χ4v) is 3.78. The molecule has 0 unspecified atom stereocenters. The normalized spacial score (nSPS) is 13.1. The van der Waals surface area contributed by atoms with E-state index in [4.69, 9.17) is 4.74 Å². The van der Waals surface area contributed by atoms with Crippen LogP contribution in [0.15, 0.2) is 60.0 Å². The van der Waals surface area contributed by atoms with Gasteiger partial charge in [-0.2, -0.15) is 0 Å². The second-order valence-electron chi connectivity index (χ2n) is 5.84. The lowest BCUT2D eigenvalue weighted by molar-refractivity contribution is 0.0664. The van der Waals surface area contributed by atoms with Crippen LogP contribution in [0, 0.1) is 0 Å². The molecule has 0 radical (unpaired) electrons. The maximum atomic E-state index is 12.4. The number of aromatic nitrogens is 3. The number of benzene rings is 2. The number of amides is 2. The number of methoxy groups -OCH3 is 1. The van der Waals surface area contributed by atoms with Crippen molar-refractivity contribution >= 4 is 23.6 Å². The molecule has 0 fully saturated rings. The molecule has 0 aliphatic carbocycles. The minimum absolute atomic E-state index is 0.245. The SMILES string of the molecule is COc1cccc(-n2cnnc2SCCN2C(=O)c3ccccc3C2=O)c1. The third-order valence-electron chi connectivity index (χ3n) is 4.27. The van der Waals surface area contributed by atoms with Crippen LogP contribution >= 0.6 is 11.8 Å². The molecule has 0 saturated carbocycles. The van der Waals surface area contributed by atoms with Crippen molar-refractivity contribution in [1.82, 2.24) is 19.7 Å². The standard InChI is InChI=1S/C19H16N4O3S/c1-26-14-6-4-5-13(11-14)23-12-20-21-19(23)27-10-9-22-17(24)15-7-2-3-8-16(15)18(22)25/h2-8,11-12H,9-10H2,1H3. The van der Waals surface area contributed by atoms with Gasteiger partial charge in [0, 0.05) is 18.4 Å². The Hall–Kier alpha value is -3.13. The highest BCUT2D eigenvalue weighted by molar-refractivity contribution is 7.99. The summed E-state index contributed by atoms with van der Waals surface area (Å²) in [6.07, 6.45) is 1.62. The van der Waals surface area contributed by atoms with Gasteiger partial charge in [0.25, 0.3) is 11.8 Å². The Morgan fingerprint density at radius 2 is 1.78 bits per heavy atom. The molecule has 0 N–H and O–H groups in total. The fraction of sp³-hybridized carbons (Fsp3) is 0.158. The van der Waals surface area contributed by atoms with Gasteiger partial charge < -0.3 is 4.74 Å². The summed E-state index contributed by atoms with van der Waals surface area (Å²) in [5.41, 5.74) is 1.81. The molecule has 27 heavy (non-hydrogen) atoms. The molecule has 0 saturated heterocycles. The summed E-state index contributed by atoms with van der Waals surface area (Å²) in [4.78, 5) is 26.1. The summed E-state index contributed by atoms with van der Waals surface area (Å²) in [6, 6.07) is 14.5. The van der Waals surface area contributed by atoms with Gasteiger partial charge in [-0.05, 0) is 24.3 Å². The van der Waals surface area contributed by atoms with Gasteiger partial charge in [-0.1, -0.05) is 30.0 Å². The molecule has 2 amide bonds. The van der Waals surface area contributed by atoms with E-state index < -0.39 is 0 Å². The van der Waals surface area contributed by atoms with E-state index in [0.717, 1.165) is 11.4 Å². The first kappa shape index (κ1) is 17.3. The van der Waals surface area contributed by atoms with E-state index in [1.807, 2.05) is 28.8 Å². The third-order valence-corrected chi connectivity index (χ3v) is 5.20. The summed E-state index contributed by atoms with van der Waals surface area (Å²) in [5, 5.41) is 8.79. The fourth-order valence-electron chi connectivity index (χ4n) is 2.93. The molecule has 0 atom stereocenters. The molecule has 8 heteroatoms. The maximum Gasteiger partial charge on any atom is 0.261 e. The lowest BCUT2D eigenvalue weighted by Gasteiger charge is -2.13. The van der Waals surface area contributed by atoms with Crippen molar-refractivity contribution in [3.05, 3.63) is 66.0 Å². The van der Waals surface area contributed by atoms with Crippen molar-refractivity contribution in [1.29, 1.82) is 0 Å². The average molecular weight is 380 g/mol. The van der Waals surface area contributed by atoms with Gasteiger partial charge in [-0.3, -0.25) is 19.1 Å². The number of carbonyl (C=O) groups excluding carboxylic acids is 2. The minimum Gasteiger partial charge on any atom is -0.497 e. The van der Waals surface area contributed by atoms with Crippen molar-refractivity contribution in [2.75, 3.05) is 19.4 Å². The van der Waals surface area contributed by atoms with Crippen LogP contribution < -0.4 is 4.74 Å². The molecule has 2 heterocycles. The number of carbonyl (C=O) groups is 2. The second-order valence-corrected chi connectivity index (χ2v) is 6.90. The molecule has 7 nitrogen and oxygen atoms in total. The highest BCUT2D eigenvalue weighted by Crippen LogP contribution is 2.25. The summed E-state index contributed by atoms with van der Waals surface area (Å²) in [7, 11) is 1.61. The Labute approximate surface area is 160 Å². The highest BCUT2D eigenvalue weighted by atomic mass is 32.2. The monoisotopic (exact) mass is 380 g/mol. The van der Waals surface area contributed by atoms with Crippen LogP contribution in [0.2, 0.25) is 0 Å². The molecule has 1 aliphatic rings. The van der Waals surface area contributed by atoms with E-state index in [9.17, 15) is 9.59 Å². The predicted octanol–water partition coefficient (Wildman–Crippen LogP) is 2.66. The number of nitrogens with zero attached hydrogens (tertiary/aromatic N) is 4. The van der Waals surface area contributed by atoms with E-state index in [-0.39, 0.29) is 11.8 Å². The Kier molecular flexibility index (Phi) is 4.64. The molecule has 3 aromatic rings. The van der Waals surface area contributed by atoms with Crippen LogP contribution in [-0.4, -0.2) is 50.9 Å². The number of thioether (sulfide) groups is 1. The van der Waals surface area contributed by atoms with Crippen LogP contribution in [0.3, 0.4) is 0 Å². The van der Waals surface area contributed by atoms with Crippen LogP contribution in [-0.2, 0) is 0 Å². The van der Waals surface area contributed by atoms with Gasteiger partial charge in [0.1, 0.15) is 12.1 Å². The lowest BCUT2D eigenvalue weighted by Crippen LogP contribution is -2.31. The number of hydrogen-bond acceptors (Lipinski definition) is 6. The summed E-state index contributed by atoms with van der Waals surface area (Å²) < 4.78 is 7.10. The maximum absolute atomic E-state index is 12.4. The van der Waals surface area contributed by atoms with Crippen molar-refractivity contribution < 1.29 is 14.3 Å². The molecule has 0 spiro atoms. The lowest BCUT2D eigenvalue weighted by atomic mass is 10.1. The summed E-state index contributed by atoms with van der Waals surface area (Å²) in [6.45, 7) is 0.308. The van der Waals surface area contributed by atoms with Gasteiger partial charge in [-0.25, -0.2) is 0 Å². The van der Waals surface area contributed by atoms with Crippen LogP contribution in [0.1, 0.15) is 20.7 Å². The van der Waals surface area contributed by atoms with E-state index in [0.29, 0.717) is 28.6 Å². The summed E-state index contributed by atoms with van der Waals surface area (Å²) >= 11 is 1.43. The van der Waals surface area contributed by atoms with Gasteiger partial charge in [0.2, 0.25) is 0 Å². The third kappa shape index (κ3) is 3.19. The first-order chi connectivity index (χ1) is 13.2. The van der Waals surface area contributed by atoms with Crippen LogP contribution in [0.5, 0.6) is 5.75 Å². The molecule has 1 aromatic heterocycles. The van der Waals surface area contributed by atoms with E-state index in [1.54, 1.807) is 37.7 Å². The van der Waals surface area contributed by atoms with Gasteiger partial charge in [0.05, 0.1) is 23.9 Å². The van der Waals surface area contributed by atoms with Crippen molar-refractivity contribution in [2.45, 2.75) is 5.16 Å². The van der Waals surface area contributed by atoms with Gasteiger partial charge >= 0.3 is 0 Å². The Balaban J connectivity index is 1.45. The largest absolute Gasteiger partial charge is 0.497 e. The van der Waals surface area contributed by atoms with Crippen LogP contribution in [0.25, 0.3) is 5.69 Å². The zero-order valence-electron chi connectivity index (χ0n) is 14.5. The molecular weight excluding hydrogens is 364 g/mol. The van der Waals surface area contributed by atoms with Crippen molar-refractivity contribution in [3.8, 4) is 11.4 Å². The Morgan fingerprint density at radius 1 is 1.04 bits per heavy atom. The highest BCUT2D eigenvalue weighted by Gasteiger charge is 2.34. The molecular formula is C19H16N4O3S. The van der Waals surface area contributed by atoms with Crippen molar-refractivity contribution in [2.24, 2.45) is 0 Å². The Morgan fingerprint density at radius 3 is 2.48 bits per heavy atom. The molecule has 0 bridgehead atoms. The zero-order chi connectivity index (χ0) is 18.8. The average Bonchev–Trinajstić information content (AvgIpc) is 3.27. The van der Waals surface area contributed by atoms with Gasteiger partial charge in [0.15, 0.2) is 5.16 Å². The first-order valence-corrected chi connectivity index (χ1v) is 9.30. The van der Waals surface area contributed by atoms with E-state index in [1.165, 1.54) is 16.7 Å². The predicted molar refractivity (Wildman–Crippen MR) is 100 cm³/mol. The Bertz CT molecular complexity index is 982. The summed E-state index contributed by atoms with van der Waals surface area (Å²) in [5.74, 6) is 0.771. The molecule has 1 aliphatic heterocycles. The zero-order valence-corrected chi connectivity index (χ0v) is 15.3. The minimum atomic E-state index is -0.245. The molecule has 2 aromatic carbocycles. The first-order valence-electron chi connectivity index (χ1n) is 8.31. The molecule has 136 valence electrons. The number of rotatable bonds is 6. The topological polar surface area (TPSA) is 77.3 Å². The smallest absolute Gasteiger partial charge is 0.261 e. The quantitative estimate of drug-likeness (QED) is 0.483. The number of imide groups is 1.